The van der Waals surface area contributed by atoms with Crippen molar-refractivity contribution in [1.82, 2.24) is 20.1 Å². The first kappa shape index (κ1) is 14.9. The van der Waals surface area contributed by atoms with Crippen molar-refractivity contribution in [2.45, 2.75) is 76.0 Å². The van der Waals surface area contributed by atoms with E-state index < -0.39 is 0 Å². The molecule has 1 amide bonds. The first-order valence-electron chi connectivity index (χ1n) is 9.96. The summed E-state index contributed by atoms with van der Waals surface area (Å²) in [4.78, 5) is 20.0. The van der Waals surface area contributed by atoms with Crippen LogP contribution in [0.15, 0.2) is 0 Å². The predicted octanol–water partition coefficient (Wildman–Crippen LogP) is 3.36. The molecule has 3 aliphatic carbocycles. The molecule has 2 heterocycles. The molecule has 1 unspecified atom stereocenters. The minimum Gasteiger partial charge on any atom is -0.341 e. The summed E-state index contributed by atoms with van der Waals surface area (Å²) >= 11 is 0. The summed E-state index contributed by atoms with van der Waals surface area (Å²) in [5.74, 6) is 3.73. The Bertz CT molecular complexity index is 625. The maximum Gasteiger partial charge on any atom is 0.225 e. The van der Waals surface area contributed by atoms with E-state index in [1.54, 1.807) is 0 Å². The van der Waals surface area contributed by atoms with Gasteiger partial charge in [-0.15, -0.1) is 0 Å². The molecule has 1 aromatic rings. The molecule has 1 spiro atoms. The molecule has 1 saturated heterocycles. The van der Waals surface area contributed by atoms with Crippen LogP contribution in [-0.4, -0.2) is 39.1 Å². The van der Waals surface area contributed by atoms with Crippen LogP contribution >= 0.6 is 0 Å². The Kier molecular flexibility index (Phi) is 3.46. The van der Waals surface area contributed by atoms with E-state index in [1.807, 2.05) is 0 Å². The fourth-order valence-electron chi connectivity index (χ4n) is 5.23. The Labute approximate surface area is 143 Å². The van der Waals surface area contributed by atoms with Gasteiger partial charge in [0.15, 0.2) is 5.82 Å². The van der Waals surface area contributed by atoms with Gasteiger partial charge in [0.25, 0.3) is 0 Å². The summed E-state index contributed by atoms with van der Waals surface area (Å²) in [6.07, 6.45) is 12.2. The molecule has 3 saturated carbocycles. The van der Waals surface area contributed by atoms with Crippen LogP contribution in [0.4, 0.5) is 0 Å². The van der Waals surface area contributed by atoms with Crippen LogP contribution in [-0.2, 0) is 4.79 Å². The number of rotatable bonds is 3. The summed E-state index contributed by atoms with van der Waals surface area (Å²) in [6, 6.07) is 0. The van der Waals surface area contributed by atoms with Crippen molar-refractivity contribution in [3.8, 4) is 0 Å². The number of hydrogen-bond acceptors (Lipinski definition) is 3. The van der Waals surface area contributed by atoms with Crippen LogP contribution in [0.3, 0.4) is 0 Å². The lowest BCUT2D eigenvalue weighted by Crippen LogP contribution is -2.39. The number of nitrogens with one attached hydrogen (secondary N) is 1. The van der Waals surface area contributed by atoms with Crippen molar-refractivity contribution in [3.63, 3.8) is 0 Å². The summed E-state index contributed by atoms with van der Waals surface area (Å²) in [5.41, 5.74) is 0.282. The highest BCUT2D eigenvalue weighted by atomic mass is 16.2. The minimum atomic E-state index is 0.282. The molecule has 5 nitrogen and oxygen atoms in total. The second-order valence-corrected chi connectivity index (χ2v) is 8.68. The Morgan fingerprint density at radius 2 is 1.88 bits per heavy atom. The second kappa shape index (κ2) is 5.57. The van der Waals surface area contributed by atoms with Crippen molar-refractivity contribution in [2.75, 3.05) is 13.1 Å². The standard InChI is InChI=1S/C19H28N4O/c24-18(14-5-2-1-3-6-14)23-11-15(19(12-23)9-4-10-19)17-20-16(21-22-17)13-7-8-13/h13-15H,1-12H2,(H,20,21,22). The molecule has 5 rings (SSSR count). The maximum atomic E-state index is 13.0. The molecule has 130 valence electrons. The van der Waals surface area contributed by atoms with E-state index in [0.717, 1.165) is 37.6 Å². The van der Waals surface area contributed by atoms with E-state index in [4.69, 9.17) is 4.98 Å². The number of amides is 1. The zero-order chi connectivity index (χ0) is 16.1. The third-order valence-electron chi connectivity index (χ3n) is 7.06. The number of carbonyl (C=O) groups is 1. The Morgan fingerprint density at radius 1 is 1.08 bits per heavy atom. The zero-order valence-electron chi connectivity index (χ0n) is 14.5. The molecular formula is C19H28N4O. The van der Waals surface area contributed by atoms with E-state index in [0.29, 0.717) is 17.7 Å². The molecular weight excluding hydrogens is 300 g/mol. The number of aromatic amines is 1. The predicted molar refractivity (Wildman–Crippen MR) is 90.5 cm³/mol. The molecule has 1 aromatic heterocycles. The highest BCUT2D eigenvalue weighted by molar-refractivity contribution is 5.79. The Morgan fingerprint density at radius 3 is 2.54 bits per heavy atom. The molecule has 1 aliphatic heterocycles. The molecule has 1 atom stereocenters. The van der Waals surface area contributed by atoms with Crippen LogP contribution in [0.5, 0.6) is 0 Å². The van der Waals surface area contributed by atoms with Gasteiger partial charge in [-0.1, -0.05) is 25.7 Å². The quantitative estimate of drug-likeness (QED) is 0.925. The topological polar surface area (TPSA) is 61.9 Å². The number of H-pyrrole nitrogens is 1. The van der Waals surface area contributed by atoms with Gasteiger partial charge in [0.05, 0.1) is 0 Å². The highest BCUT2D eigenvalue weighted by Crippen LogP contribution is 2.55. The van der Waals surface area contributed by atoms with Crippen molar-refractivity contribution < 1.29 is 4.79 Å². The van der Waals surface area contributed by atoms with Crippen LogP contribution in [0.1, 0.15) is 87.7 Å². The number of nitrogens with zero attached hydrogens (tertiary/aromatic N) is 3. The average molecular weight is 328 g/mol. The molecule has 24 heavy (non-hydrogen) atoms. The largest absolute Gasteiger partial charge is 0.341 e. The number of hydrogen-bond donors (Lipinski definition) is 1. The minimum absolute atomic E-state index is 0.282. The van der Waals surface area contributed by atoms with Crippen LogP contribution in [0.25, 0.3) is 0 Å². The molecule has 4 fully saturated rings. The summed E-state index contributed by atoms with van der Waals surface area (Å²) in [7, 11) is 0. The fourth-order valence-corrected chi connectivity index (χ4v) is 5.23. The van der Waals surface area contributed by atoms with Crippen molar-refractivity contribution in [1.29, 1.82) is 0 Å². The maximum absolute atomic E-state index is 13.0. The molecule has 1 N–H and O–H groups in total. The van der Waals surface area contributed by atoms with Crippen molar-refractivity contribution >= 4 is 5.91 Å². The Balaban J connectivity index is 1.35. The van der Waals surface area contributed by atoms with Crippen LogP contribution in [0.2, 0.25) is 0 Å². The van der Waals surface area contributed by atoms with E-state index in [9.17, 15) is 4.79 Å². The normalized spacial score (nSPS) is 29.8. The van der Waals surface area contributed by atoms with Crippen molar-refractivity contribution in [3.05, 3.63) is 11.6 Å². The first-order chi connectivity index (χ1) is 11.8. The third-order valence-corrected chi connectivity index (χ3v) is 7.06. The lowest BCUT2D eigenvalue weighted by atomic mass is 9.62. The van der Waals surface area contributed by atoms with Gasteiger partial charge >= 0.3 is 0 Å². The molecule has 5 heteroatoms. The highest BCUT2D eigenvalue weighted by Gasteiger charge is 2.53. The molecule has 0 radical (unpaired) electrons. The second-order valence-electron chi connectivity index (χ2n) is 8.68. The molecule has 0 bridgehead atoms. The van der Waals surface area contributed by atoms with E-state index >= 15 is 0 Å². The number of aromatic nitrogens is 3. The van der Waals surface area contributed by atoms with Gasteiger partial charge in [-0.25, -0.2) is 4.98 Å². The smallest absolute Gasteiger partial charge is 0.225 e. The molecule has 4 aliphatic rings. The van der Waals surface area contributed by atoms with E-state index in [1.165, 1.54) is 51.4 Å². The van der Waals surface area contributed by atoms with Gasteiger partial charge < -0.3 is 4.90 Å². The fraction of sp³-hybridized carbons (Fsp3) is 0.842. The lowest BCUT2D eigenvalue weighted by molar-refractivity contribution is -0.136. The third kappa shape index (κ3) is 2.39. The zero-order valence-corrected chi connectivity index (χ0v) is 14.5. The van der Waals surface area contributed by atoms with Gasteiger partial charge in [0.1, 0.15) is 5.82 Å². The average Bonchev–Trinajstić information content (AvgIpc) is 3.17. The van der Waals surface area contributed by atoms with E-state index in [-0.39, 0.29) is 11.3 Å². The summed E-state index contributed by atoms with van der Waals surface area (Å²) < 4.78 is 0. The first-order valence-corrected chi connectivity index (χ1v) is 9.96. The van der Waals surface area contributed by atoms with E-state index in [2.05, 4.69) is 15.1 Å². The lowest BCUT2D eigenvalue weighted by Gasteiger charge is -2.42. The SMILES string of the molecule is O=C(C1CCCCC1)N1CC(c2nc(C3CC3)n[nH]2)C2(CCC2)C1. The van der Waals surface area contributed by atoms with Gasteiger partial charge in [0, 0.05) is 30.8 Å². The van der Waals surface area contributed by atoms with Crippen molar-refractivity contribution in [2.24, 2.45) is 11.3 Å². The molecule has 0 aromatic carbocycles. The van der Waals surface area contributed by atoms with Gasteiger partial charge in [-0.3, -0.25) is 9.89 Å². The van der Waals surface area contributed by atoms with Gasteiger partial charge in [-0.05, 0) is 43.9 Å². The van der Waals surface area contributed by atoms with Crippen LogP contribution in [0, 0.1) is 11.3 Å². The summed E-state index contributed by atoms with van der Waals surface area (Å²) in [5, 5.41) is 7.70. The number of likely N-dealkylation sites (tertiary alicyclic amines) is 1. The van der Waals surface area contributed by atoms with Crippen LogP contribution < -0.4 is 0 Å². The Hall–Kier alpha value is -1.39. The number of carbonyl (C=O) groups excluding carboxylic acids is 1. The van der Waals surface area contributed by atoms with Gasteiger partial charge in [-0.2, -0.15) is 5.10 Å². The monoisotopic (exact) mass is 328 g/mol. The van der Waals surface area contributed by atoms with Gasteiger partial charge in [0.2, 0.25) is 5.91 Å². The summed E-state index contributed by atoms with van der Waals surface area (Å²) in [6.45, 7) is 1.81.